The molecule has 194 valence electrons. The lowest BCUT2D eigenvalue weighted by Gasteiger charge is -2.33. The number of aliphatic hydroxyl groups is 2. The highest BCUT2D eigenvalue weighted by atomic mass is 16.6. The van der Waals surface area contributed by atoms with Crippen molar-refractivity contribution in [3.8, 4) is 0 Å². The average molecular weight is 506 g/mol. The summed E-state index contributed by atoms with van der Waals surface area (Å²) in [4.78, 5) is 2.79. The third-order valence-corrected chi connectivity index (χ3v) is 6.11. The Kier molecular flexibility index (Phi) is 10.0. The van der Waals surface area contributed by atoms with Crippen molar-refractivity contribution in [2.24, 2.45) is 5.11 Å². The Morgan fingerprint density at radius 3 is 1.70 bits per heavy atom. The molecule has 2 N–H and O–H groups in total. The van der Waals surface area contributed by atoms with E-state index < -0.39 is 36.7 Å². The fraction of sp³-hybridized carbons (Fsp3) is 0.357. The van der Waals surface area contributed by atoms with Crippen LogP contribution in [0.4, 0.5) is 0 Å². The Hall–Kier alpha value is -3.27. The Bertz CT molecular complexity index is 1110. The standard InChI is InChI=1S/C28H31N3O6/c29-31-30-28-25(33)24(32)27(36-18-22-14-8-3-9-15-22)26(35-17-21-12-6-2-7-13-21)23(37-28)19-34-16-20-10-4-1-5-11-20/h1-15,23-28,32-33H,16-19H2/t23-,24-,25-,26-,27-,28-/m1/s1. The number of azide groups is 1. The molecule has 1 fully saturated rings. The van der Waals surface area contributed by atoms with Gasteiger partial charge >= 0.3 is 0 Å². The summed E-state index contributed by atoms with van der Waals surface area (Å²) in [6.45, 7) is 0.754. The quantitative estimate of drug-likeness (QED) is 0.229. The Morgan fingerprint density at radius 2 is 1.19 bits per heavy atom. The van der Waals surface area contributed by atoms with Crippen molar-refractivity contribution in [3.63, 3.8) is 0 Å². The summed E-state index contributed by atoms with van der Waals surface area (Å²) in [5, 5.41) is 25.5. The molecule has 0 aliphatic carbocycles. The molecule has 37 heavy (non-hydrogen) atoms. The molecule has 1 heterocycles. The molecule has 0 spiro atoms. The summed E-state index contributed by atoms with van der Waals surface area (Å²) in [7, 11) is 0. The highest BCUT2D eigenvalue weighted by Gasteiger charge is 2.47. The van der Waals surface area contributed by atoms with E-state index in [1.165, 1.54) is 0 Å². The van der Waals surface area contributed by atoms with Crippen LogP contribution >= 0.6 is 0 Å². The summed E-state index contributed by atoms with van der Waals surface area (Å²) in [6, 6.07) is 28.7. The van der Waals surface area contributed by atoms with Crippen molar-refractivity contribution in [2.45, 2.75) is 56.6 Å². The van der Waals surface area contributed by atoms with Crippen LogP contribution in [0.15, 0.2) is 96.1 Å². The summed E-state index contributed by atoms with van der Waals surface area (Å²) in [5.41, 5.74) is 11.8. The predicted octanol–water partition coefficient (Wildman–Crippen LogP) is 4.13. The summed E-state index contributed by atoms with van der Waals surface area (Å²) in [6.07, 6.45) is -6.97. The first-order valence-electron chi connectivity index (χ1n) is 12.1. The monoisotopic (exact) mass is 505 g/mol. The maximum Gasteiger partial charge on any atom is 0.165 e. The second kappa shape index (κ2) is 13.9. The van der Waals surface area contributed by atoms with E-state index in [1.807, 2.05) is 91.0 Å². The molecule has 0 amide bonds. The van der Waals surface area contributed by atoms with E-state index in [4.69, 9.17) is 24.5 Å². The number of hydrogen-bond donors (Lipinski definition) is 2. The van der Waals surface area contributed by atoms with Crippen LogP contribution in [0.5, 0.6) is 0 Å². The van der Waals surface area contributed by atoms with Gasteiger partial charge in [-0.25, -0.2) is 0 Å². The van der Waals surface area contributed by atoms with E-state index in [2.05, 4.69) is 10.0 Å². The van der Waals surface area contributed by atoms with Gasteiger partial charge < -0.3 is 29.2 Å². The molecule has 4 rings (SSSR count). The van der Waals surface area contributed by atoms with E-state index in [0.717, 1.165) is 16.7 Å². The van der Waals surface area contributed by atoms with E-state index in [-0.39, 0.29) is 19.8 Å². The molecule has 3 aromatic carbocycles. The van der Waals surface area contributed by atoms with E-state index in [1.54, 1.807) is 0 Å². The van der Waals surface area contributed by atoms with Gasteiger partial charge in [-0.3, -0.25) is 0 Å². The van der Waals surface area contributed by atoms with Crippen molar-refractivity contribution >= 4 is 0 Å². The van der Waals surface area contributed by atoms with Crippen LogP contribution in [0.3, 0.4) is 0 Å². The molecule has 0 radical (unpaired) electrons. The van der Waals surface area contributed by atoms with Crippen molar-refractivity contribution in [1.29, 1.82) is 0 Å². The molecule has 3 aromatic rings. The number of ether oxygens (including phenoxy) is 4. The van der Waals surface area contributed by atoms with Gasteiger partial charge in [0.1, 0.15) is 30.5 Å². The van der Waals surface area contributed by atoms with Crippen LogP contribution in [0.25, 0.3) is 10.4 Å². The largest absolute Gasteiger partial charge is 0.387 e. The molecule has 6 atom stereocenters. The Morgan fingerprint density at radius 1 is 0.703 bits per heavy atom. The second-order valence-corrected chi connectivity index (χ2v) is 8.77. The van der Waals surface area contributed by atoms with Gasteiger partial charge in [-0.15, -0.1) is 0 Å². The van der Waals surface area contributed by atoms with Crippen LogP contribution in [0, 0.1) is 0 Å². The minimum Gasteiger partial charge on any atom is -0.387 e. The fourth-order valence-electron chi connectivity index (χ4n) is 4.18. The topological polar surface area (TPSA) is 126 Å². The third-order valence-electron chi connectivity index (χ3n) is 6.11. The van der Waals surface area contributed by atoms with Gasteiger partial charge in [-0.1, -0.05) is 96.1 Å². The highest BCUT2D eigenvalue weighted by molar-refractivity contribution is 5.15. The van der Waals surface area contributed by atoms with E-state index in [0.29, 0.717) is 6.61 Å². The molecule has 0 unspecified atom stereocenters. The van der Waals surface area contributed by atoms with Crippen LogP contribution in [-0.2, 0) is 38.8 Å². The first-order chi connectivity index (χ1) is 18.2. The molecule has 1 saturated heterocycles. The van der Waals surface area contributed by atoms with Crippen molar-refractivity contribution in [1.82, 2.24) is 0 Å². The summed E-state index contributed by atoms with van der Waals surface area (Å²) < 4.78 is 24.4. The van der Waals surface area contributed by atoms with Gasteiger partial charge in [0.05, 0.1) is 26.4 Å². The number of aliphatic hydroxyl groups excluding tert-OH is 2. The molecule has 1 aliphatic heterocycles. The van der Waals surface area contributed by atoms with Gasteiger partial charge in [-0.05, 0) is 22.2 Å². The lowest BCUT2D eigenvalue weighted by atomic mass is 10.00. The van der Waals surface area contributed by atoms with Crippen LogP contribution in [0.1, 0.15) is 16.7 Å². The first-order valence-corrected chi connectivity index (χ1v) is 12.1. The van der Waals surface area contributed by atoms with E-state index >= 15 is 0 Å². The zero-order chi connectivity index (χ0) is 25.9. The minimum atomic E-state index is -1.53. The fourth-order valence-corrected chi connectivity index (χ4v) is 4.18. The van der Waals surface area contributed by atoms with Gasteiger partial charge in [0.2, 0.25) is 0 Å². The lowest BCUT2D eigenvalue weighted by Crippen LogP contribution is -2.50. The van der Waals surface area contributed by atoms with Crippen molar-refractivity contribution in [2.75, 3.05) is 6.61 Å². The summed E-state index contributed by atoms with van der Waals surface area (Å²) >= 11 is 0. The van der Waals surface area contributed by atoms with Crippen molar-refractivity contribution < 1.29 is 29.2 Å². The number of rotatable bonds is 11. The molecular weight excluding hydrogens is 474 g/mol. The molecule has 0 bridgehead atoms. The molecule has 0 aromatic heterocycles. The van der Waals surface area contributed by atoms with Crippen LogP contribution in [-0.4, -0.2) is 53.6 Å². The first kappa shape index (κ1) is 26.8. The zero-order valence-corrected chi connectivity index (χ0v) is 20.3. The maximum absolute atomic E-state index is 11.1. The smallest absolute Gasteiger partial charge is 0.165 e. The van der Waals surface area contributed by atoms with E-state index in [9.17, 15) is 10.2 Å². The summed E-state index contributed by atoms with van der Waals surface area (Å²) in [5.74, 6) is 0. The second-order valence-electron chi connectivity index (χ2n) is 8.77. The lowest BCUT2D eigenvalue weighted by molar-refractivity contribution is -0.174. The van der Waals surface area contributed by atoms with Gasteiger partial charge in [0.15, 0.2) is 6.23 Å². The highest BCUT2D eigenvalue weighted by Crippen LogP contribution is 2.28. The molecule has 9 nitrogen and oxygen atoms in total. The Balaban J connectivity index is 1.58. The Labute approximate surface area is 215 Å². The molecule has 9 heteroatoms. The number of benzene rings is 3. The van der Waals surface area contributed by atoms with Gasteiger partial charge in [-0.2, -0.15) is 0 Å². The average Bonchev–Trinajstić information content (AvgIpc) is 3.03. The van der Waals surface area contributed by atoms with Crippen LogP contribution < -0.4 is 0 Å². The SMILES string of the molecule is [N-]=[N+]=N[C@@H]1O[C@H](COCc2ccccc2)[C@@H](OCc2ccccc2)[C@H](OCc2ccccc2)[C@H](O)[C@H]1O. The van der Waals surface area contributed by atoms with Crippen LogP contribution in [0.2, 0.25) is 0 Å². The minimum absolute atomic E-state index is 0.0520. The maximum atomic E-state index is 11.1. The zero-order valence-electron chi connectivity index (χ0n) is 20.3. The van der Waals surface area contributed by atoms with Gasteiger partial charge in [0.25, 0.3) is 0 Å². The molecular formula is C28H31N3O6. The predicted molar refractivity (Wildman–Crippen MR) is 136 cm³/mol. The van der Waals surface area contributed by atoms with Gasteiger partial charge in [0, 0.05) is 4.91 Å². The molecule has 1 aliphatic rings. The normalized spacial score (nSPS) is 25.7. The van der Waals surface area contributed by atoms with Crippen molar-refractivity contribution in [3.05, 3.63) is 118 Å². The molecule has 0 saturated carbocycles. The third kappa shape index (κ3) is 7.61. The number of hydrogen-bond acceptors (Lipinski definition) is 7. The number of nitrogens with zero attached hydrogens (tertiary/aromatic N) is 3.